The summed E-state index contributed by atoms with van der Waals surface area (Å²) in [5, 5.41) is 12.6. The molecule has 2 heterocycles. The molecule has 1 aromatic rings. The highest BCUT2D eigenvalue weighted by Gasteiger charge is 2.27. The number of ether oxygens (including phenoxy) is 1. The number of nitrogens with zero attached hydrogens (tertiary/aromatic N) is 3. The van der Waals surface area contributed by atoms with Crippen LogP contribution in [0.3, 0.4) is 0 Å². The zero-order valence-electron chi connectivity index (χ0n) is 10.2. The van der Waals surface area contributed by atoms with Crippen LogP contribution in [-0.2, 0) is 4.74 Å². The molecule has 0 aromatic carbocycles. The molecule has 0 radical (unpaired) electrons. The summed E-state index contributed by atoms with van der Waals surface area (Å²) < 4.78 is 5.33. The SMILES string of the molecule is OC1CC(Nc2cc(N3CCOCC3)ncn2)C1. The quantitative estimate of drug-likeness (QED) is 0.801. The van der Waals surface area contributed by atoms with E-state index in [4.69, 9.17) is 4.74 Å². The van der Waals surface area contributed by atoms with Crippen LogP contribution in [0.5, 0.6) is 0 Å². The smallest absolute Gasteiger partial charge is 0.134 e. The van der Waals surface area contributed by atoms with Crippen molar-refractivity contribution in [2.75, 3.05) is 36.5 Å². The molecule has 1 aliphatic heterocycles. The van der Waals surface area contributed by atoms with E-state index in [1.54, 1.807) is 6.33 Å². The molecule has 0 bridgehead atoms. The molecule has 1 saturated carbocycles. The molecule has 6 nitrogen and oxygen atoms in total. The first-order valence-corrected chi connectivity index (χ1v) is 6.40. The molecule has 0 atom stereocenters. The summed E-state index contributed by atoms with van der Waals surface area (Å²) in [6.45, 7) is 3.25. The second kappa shape index (κ2) is 5.07. The second-order valence-electron chi connectivity index (χ2n) is 4.83. The fourth-order valence-electron chi connectivity index (χ4n) is 2.31. The average Bonchev–Trinajstić information content (AvgIpc) is 2.38. The first kappa shape index (κ1) is 11.7. The third kappa shape index (κ3) is 2.54. The fourth-order valence-corrected chi connectivity index (χ4v) is 2.31. The summed E-state index contributed by atoms with van der Waals surface area (Å²) in [5.74, 6) is 1.78. The normalized spacial score (nSPS) is 27.7. The molecule has 0 unspecified atom stereocenters. The van der Waals surface area contributed by atoms with Gasteiger partial charge in [0.25, 0.3) is 0 Å². The largest absolute Gasteiger partial charge is 0.393 e. The summed E-state index contributed by atoms with van der Waals surface area (Å²) in [7, 11) is 0. The van der Waals surface area contributed by atoms with E-state index in [9.17, 15) is 5.11 Å². The van der Waals surface area contributed by atoms with E-state index in [1.807, 2.05) is 6.07 Å². The maximum absolute atomic E-state index is 9.26. The number of hydrogen-bond donors (Lipinski definition) is 2. The van der Waals surface area contributed by atoms with Gasteiger partial charge in [-0.1, -0.05) is 0 Å². The van der Waals surface area contributed by atoms with Crippen molar-refractivity contribution in [2.45, 2.75) is 25.0 Å². The van der Waals surface area contributed by atoms with Gasteiger partial charge >= 0.3 is 0 Å². The highest BCUT2D eigenvalue weighted by Crippen LogP contribution is 2.24. The average molecular weight is 250 g/mol. The molecule has 18 heavy (non-hydrogen) atoms. The van der Waals surface area contributed by atoms with Crippen molar-refractivity contribution in [1.29, 1.82) is 0 Å². The van der Waals surface area contributed by atoms with Gasteiger partial charge in [0.2, 0.25) is 0 Å². The minimum atomic E-state index is -0.150. The summed E-state index contributed by atoms with van der Waals surface area (Å²) >= 11 is 0. The van der Waals surface area contributed by atoms with Crippen molar-refractivity contribution in [1.82, 2.24) is 9.97 Å². The molecule has 0 amide bonds. The van der Waals surface area contributed by atoms with Gasteiger partial charge in [0.15, 0.2) is 0 Å². The van der Waals surface area contributed by atoms with Gasteiger partial charge in [0, 0.05) is 25.2 Å². The van der Waals surface area contributed by atoms with Crippen molar-refractivity contribution in [2.24, 2.45) is 0 Å². The predicted molar refractivity (Wildman–Crippen MR) is 67.7 cm³/mol. The molecular formula is C12H18N4O2. The number of morpholine rings is 1. The monoisotopic (exact) mass is 250 g/mol. The number of rotatable bonds is 3. The van der Waals surface area contributed by atoms with E-state index >= 15 is 0 Å². The van der Waals surface area contributed by atoms with Gasteiger partial charge in [0.1, 0.15) is 18.0 Å². The van der Waals surface area contributed by atoms with E-state index in [-0.39, 0.29) is 6.10 Å². The minimum absolute atomic E-state index is 0.150. The Bertz CT molecular complexity index is 403. The first-order valence-electron chi connectivity index (χ1n) is 6.40. The van der Waals surface area contributed by atoms with Crippen molar-refractivity contribution < 1.29 is 9.84 Å². The Morgan fingerprint density at radius 1 is 1.28 bits per heavy atom. The molecule has 2 aliphatic rings. The topological polar surface area (TPSA) is 70.5 Å². The lowest BCUT2D eigenvalue weighted by Gasteiger charge is -2.33. The Balaban J connectivity index is 1.64. The molecule has 1 aliphatic carbocycles. The Labute approximate surface area is 106 Å². The molecule has 2 N–H and O–H groups in total. The molecule has 2 fully saturated rings. The van der Waals surface area contributed by atoms with Crippen LogP contribution in [0.1, 0.15) is 12.8 Å². The van der Waals surface area contributed by atoms with Gasteiger partial charge in [-0.25, -0.2) is 9.97 Å². The summed E-state index contributed by atoms with van der Waals surface area (Å²) in [5.41, 5.74) is 0. The number of aromatic nitrogens is 2. The minimum Gasteiger partial charge on any atom is -0.393 e. The molecule has 6 heteroatoms. The highest BCUT2D eigenvalue weighted by molar-refractivity contribution is 5.49. The van der Waals surface area contributed by atoms with Gasteiger partial charge in [0.05, 0.1) is 19.3 Å². The van der Waals surface area contributed by atoms with Gasteiger partial charge < -0.3 is 20.1 Å². The summed E-state index contributed by atoms with van der Waals surface area (Å²) in [6.07, 6.45) is 3.04. The maximum atomic E-state index is 9.26. The lowest BCUT2D eigenvalue weighted by Crippen LogP contribution is -2.39. The van der Waals surface area contributed by atoms with Gasteiger partial charge in [-0.15, -0.1) is 0 Å². The van der Waals surface area contributed by atoms with Crippen molar-refractivity contribution in [3.05, 3.63) is 12.4 Å². The Kier molecular flexibility index (Phi) is 3.29. The van der Waals surface area contributed by atoms with E-state index in [0.29, 0.717) is 6.04 Å². The van der Waals surface area contributed by atoms with Crippen LogP contribution < -0.4 is 10.2 Å². The van der Waals surface area contributed by atoms with E-state index in [2.05, 4.69) is 20.2 Å². The first-order chi connectivity index (χ1) is 8.81. The predicted octanol–water partition coefficient (Wildman–Crippen LogP) is 0.248. The zero-order chi connectivity index (χ0) is 12.4. The molecule has 0 spiro atoms. The van der Waals surface area contributed by atoms with Crippen molar-refractivity contribution in [3.8, 4) is 0 Å². The van der Waals surface area contributed by atoms with Gasteiger partial charge in [-0.3, -0.25) is 0 Å². The van der Waals surface area contributed by atoms with Crippen LogP contribution in [0, 0.1) is 0 Å². The molecule has 1 saturated heterocycles. The Morgan fingerprint density at radius 3 is 2.78 bits per heavy atom. The van der Waals surface area contributed by atoms with Crippen LogP contribution in [-0.4, -0.2) is 53.5 Å². The molecular weight excluding hydrogens is 232 g/mol. The zero-order valence-corrected chi connectivity index (χ0v) is 10.2. The standard InChI is InChI=1S/C12H18N4O2/c17-10-5-9(6-10)15-11-7-12(14-8-13-11)16-1-3-18-4-2-16/h7-10,17H,1-6H2,(H,13,14,15). The fraction of sp³-hybridized carbons (Fsp3) is 0.667. The number of nitrogens with one attached hydrogen (secondary N) is 1. The molecule has 3 rings (SSSR count). The number of anilines is 2. The third-order valence-electron chi connectivity index (χ3n) is 3.45. The van der Waals surface area contributed by atoms with E-state index in [0.717, 1.165) is 50.8 Å². The lowest BCUT2D eigenvalue weighted by molar-refractivity contribution is 0.0835. The number of aliphatic hydroxyl groups is 1. The van der Waals surface area contributed by atoms with Crippen LogP contribution in [0.2, 0.25) is 0 Å². The van der Waals surface area contributed by atoms with E-state index in [1.165, 1.54) is 0 Å². The lowest BCUT2D eigenvalue weighted by atomic mass is 9.89. The summed E-state index contributed by atoms with van der Waals surface area (Å²) in [4.78, 5) is 10.7. The molecule has 98 valence electrons. The maximum Gasteiger partial charge on any atom is 0.134 e. The van der Waals surface area contributed by atoms with Crippen LogP contribution >= 0.6 is 0 Å². The Morgan fingerprint density at radius 2 is 2.06 bits per heavy atom. The second-order valence-corrected chi connectivity index (χ2v) is 4.83. The van der Waals surface area contributed by atoms with Crippen LogP contribution in [0.4, 0.5) is 11.6 Å². The van der Waals surface area contributed by atoms with Crippen molar-refractivity contribution in [3.63, 3.8) is 0 Å². The summed E-state index contributed by atoms with van der Waals surface area (Å²) in [6, 6.07) is 2.31. The van der Waals surface area contributed by atoms with Crippen LogP contribution in [0.15, 0.2) is 12.4 Å². The van der Waals surface area contributed by atoms with E-state index < -0.39 is 0 Å². The van der Waals surface area contributed by atoms with Crippen molar-refractivity contribution >= 4 is 11.6 Å². The highest BCUT2D eigenvalue weighted by atomic mass is 16.5. The van der Waals surface area contributed by atoms with Crippen LogP contribution in [0.25, 0.3) is 0 Å². The number of hydrogen-bond acceptors (Lipinski definition) is 6. The number of aliphatic hydroxyl groups excluding tert-OH is 1. The van der Waals surface area contributed by atoms with Gasteiger partial charge in [-0.2, -0.15) is 0 Å². The van der Waals surface area contributed by atoms with Gasteiger partial charge in [-0.05, 0) is 12.8 Å². The third-order valence-corrected chi connectivity index (χ3v) is 3.45. The Hall–Kier alpha value is -1.40. The molecule has 1 aromatic heterocycles.